The van der Waals surface area contributed by atoms with Crippen molar-refractivity contribution in [2.24, 2.45) is 23.7 Å². The molecule has 0 heterocycles. The lowest BCUT2D eigenvalue weighted by Crippen LogP contribution is -2.50. The molecule has 0 spiro atoms. The molecule has 2 aliphatic rings. The topological polar surface area (TPSA) is 77.8 Å². The molecule has 0 bridgehead atoms. The van der Waals surface area contributed by atoms with Crippen LogP contribution in [0.2, 0.25) is 0 Å². The zero-order valence-corrected chi connectivity index (χ0v) is 17.3. The van der Waals surface area contributed by atoms with Gasteiger partial charge in [-0.05, 0) is 49.0 Å². The molecule has 0 aromatic heterocycles. The number of carboxylic acids is 1. The molecule has 3 rings (SSSR count). The highest BCUT2D eigenvalue weighted by molar-refractivity contribution is 5.66. The summed E-state index contributed by atoms with van der Waals surface area (Å²) in [5, 5.41) is 30.1. The predicted octanol–water partition coefficient (Wildman–Crippen LogP) is 3.99. The van der Waals surface area contributed by atoms with Crippen LogP contribution in [-0.2, 0) is 4.79 Å². The van der Waals surface area contributed by atoms with E-state index in [0.29, 0.717) is 30.6 Å². The third-order valence-corrected chi connectivity index (χ3v) is 6.76. The molecule has 2 aliphatic carbocycles. The van der Waals surface area contributed by atoms with Crippen molar-refractivity contribution in [1.82, 2.24) is 0 Å². The van der Waals surface area contributed by atoms with Crippen molar-refractivity contribution in [3.63, 3.8) is 0 Å². The van der Waals surface area contributed by atoms with Crippen LogP contribution in [0.25, 0.3) is 0 Å². The molecule has 7 atom stereocenters. The molecule has 0 radical (unpaired) electrons. The van der Waals surface area contributed by atoms with E-state index in [1.807, 2.05) is 37.3 Å². The summed E-state index contributed by atoms with van der Waals surface area (Å²) < 4.78 is 0. The summed E-state index contributed by atoms with van der Waals surface area (Å²) >= 11 is 0. The molecule has 4 nitrogen and oxygen atoms in total. The number of aliphatic hydroxyl groups is 2. The van der Waals surface area contributed by atoms with E-state index < -0.39 is 18.2 Å². The number of rotatable bonds is 6. The third kappa shape index (κ3) is 4.74. The van der Waals surface area contributed by atoms with E-state index >= 15 is 0 Å². The minimum Gasteiger partial charge on any atom is -0.481 e. The maximum absolute atomic E-state index is 10.8. The molecule has 3 unspecified atom stereocenters. The molecule has 0 saturated heterocycles. The second-order valence-electron chi connectivity index (χ2n) is 8.44. The number of benzene rings is 1. The summed E-state index contributed by atoms with van der Waals surface area (Å²) in [7, 11) is 0. The maximum atomic E-state index is 10.8. The van der Waals surface area contributed by atoms with Crippen molar-refractivity contribution in [2.45, 2.75) is 64.1 Å². The van der Waals surface area contributed by atoms with Crippen molar-refractivity contribution in [3.8, 4) is 11.8 Å². The third-order valence-electron chi connectivity index (χ3n) is 6.76. The van der Waals surface area contributed by atoms with Crippen LogP contribution in [0, 0.1) is 35.5 Å². The molecule has 29 heavy (non-hydrogen) atoms. The van der Waals surface area contributed by atoms with Crippen LogP contribution in [0.15, 0.2) is 42.0 Å². The quantitative estimate of drug-likeness (QED) is 0.502. The molecule has 1 aromatic carbocycles. The van der Waals surface area contributed by atoms with Gasteiger partial charge in [-0.3, -0.25) is 4.79 Å². The van der Waals surface area contributed by atoms with Gasteiger partial charge >= 0.3 is 5.97 Å². The van der Waals surface area contributed by atoms with E-state index in [1.165, 1.54) is 5.57 Å². The van der Waals surface area contributed by atoms with E-state index in [-0.39, 0.29) is 18.3 Å². The summed E-state index contributed by atoms with van der Waals surface area (Å²) in [6, 6.07) is 9.86. The Morgan fingerprint density at radius 3 is 2.66 bits per heavy atom. The van der Waals surface area contributed by atoms with E-state index in [2.05, 4.69) is 24.8 Å². The number of aliphatic carboxylic acids is 1. The van der Waals surface area contributed by atoms with Gasteiger partial charge in [0.25, 0.3) is 0 Å². The Labute approximate surface area is 173 Å². The first-order chi connectivity index (χ1) is 13.9. The van der Waals surface area contributed by atoms with Crippen LogP contribution in [0.1, 0.15) is 57.4 Å². The van der Waals surface area contributed by atoms with Gasteiger partial charge in [-0.1, -0.05) is 67.7 Å². The van der Waals surface area contributed by atoms with Crippen LogP contribution in [-0.4, -0.2) is 33.5 Å². The van der Waals surface area contributed by atoms with Crippen molar-refractivity contribution < 1.29 is 20.1 Å². The smallest absolute Gasteiger partial charge is 0.303 e. The van der Waals surface area contributed by atoms with Crippen LogP contribution in [0.5, 0.6) is 0 Å². The molecular formula is C25H32O4. The average Bonchev–Trinajstić information content (AvgIpc) is 2.71. The number of carbonyl (C=O) groups is 1. The summed E-state index contributed by atoms with van der Waals surface area (Å²) in [6.45, 7) is 4.11. The van der Waals surface area contributed by atoms with Crippen molar-refractivity contribution >= 4 is 5.97 Å². The predicted molar refractivity (Wildman–Crippen MR) is 113 cm³/mol. The fraction of sp³-hybridized carbons (Fsp3) is 0.560. The fourth-order valence-electron chi connectivity index (χ4n) is 5.14. The molecule has 2 fully saturated rings. The van der Waals surface area contributed by atoms with Crippen LogP contribution in [0.4, 0.5) is 0 Å². The molecule has 3 N–H and O–H groups in total. The molecule has 0 aliphatic heterocycles. The summed E-state index contributed by atoms with van der Waals surface area (Å²) in [5.74, 6) is 6.33. The van der Waals surface area contributed by atoms with Crippen LogP contribution in [0.3, 0.4) is 0 Å². The SMILES string of the molecule is CCC1/C(=C/CCC(=O)O)[C@@H]2CC[C@H](O)[C@@H](C#CC(O)C(C)c3ccccc3)[C@H]12. The lowest BCUT2D eigenvalue weighted by atomic mass is 9.50. The second-order valence-corrected chi connectivity index (χ2v) is 8.44. The van der Waals surface area contributed by atoms with E-state index in [4.69, 9.17) is 5.11 Å². The normalized spacial score (nSPS) is 31.7. The zero-order chi connectivity index (χ0) is 21.0. The first-order valence-electron chi connectivity index (χ1n) is 10.8. The Hall–Kier alpha value is -2.09. The average molecular weight is 397 g/mol. The number of allylic oxidation sites excluding steroid dienone is 2. The largest absolute Gasteiger partial charge is 0.481 e. The molecule has 2 saturated carbocycles. The van der Waals surface area contributed by atoms with E-state index in [1.54, 1.807) is 0 Å². The number of hydrogen-bond acceptors (Lipinski definition) is 3. The first-order valence-corrected chi connectivity index (χ1v) is 10.8. The monoisotopic (exact) mass is 396 g/mol. The first kappa shape index (κ1) is 21.6. The highest BCUT2D eigenvalue weighted by atomic mass is 16.4. The molecule has 4 heteroatoms. The Morgan fingerprint density at radius 1 is 1.28 bits per heavy atom. The molecule has 156 valence electrons. The van der Waals surface area contributed by atoms with Crippen molar-refractivity contribution in [1.29, 1.82) is 0 Å². The van der Waals surface area contributed by atoms with Gasteiger partial charge in [-0.15, -0.1) is 0 Å². The van der Waals surface area contributed by atoms with Gasteiger partial charge in [0.1, 0.15) is 6.10 Å². The Kier molecular flexibility index (Phi) is 7.16. The number of carboxylic acid groups (broad SMARTS) is 1. The summed E-state index contributed by atoms with van der Waals surface area (Å²) in [4.78, 5) is 10.8. The second kappa shape index (κ2) is 9.61. The fourth-order valence-corrected chi connectivity index (χ4v) is 5.14. The highest BCUT2D eigenvalue weighted by Gasteiger charge is 2.52. The van der Waals surface area contributed by atoms with E-state index in [0.717, 1.165) is 18.4 Å². The lowest BCUT2D eigenvalue weighted by molar-refractivity contribution is -0.136. The van der Waals surface area contributed by atoms with Crippen LogP contribution < -0.4 is 0 Å². The van der Waals surface area contributed by atoms with Gasteiger partial charge in [0.15, 0.2) is 0 Å². The Balaban J connectivity index is 1.73. The zero-order valence-electron chi connectivity index (χ0n) is 17.3. The highest BCUT2D eigenvalue weighted by Crippen LogP contribution is 2.57. The van der Waals surface area contributed by atoms with Gasteiger partial charge in [0.05, 0.1) is 12.0 Å². The van der Waals surface area contributed by atoms with Gasteiger partial charge in [-0.25, -0.2) is 0 Å². The van der Waals surface area contributed by atoms with Crippen LogP contribution >= 0.6 is 0 Å². The standard InChI is InChI=1S/C25H32O4/c1-3-18-19(10-7-11-24(28)29)20-12-15-23(27)21(25(18)20)13-14-22(26)16(2)17-8-5-4-6-9-17/h4-6,8-10,16,18,20-23,25-27H,3,7,11-12,15H2,1-2H3,(H,28,29)/b19-10-/t16?,18?,20-,21+,22?,23-,25+/m0/s1. The summed E-state index contributed by atoms with van der Waals surface area (Å²) in [6.07, 6.45) is 4.21. The Morgan fingerprint density at radius 2 is 2.00 bits per heavy atom. The van der Waals surface area contributed by atoms with Gasteiger partial charge in [-0.2, -0.15) is 0 Å². The molecule has 0 amide bonds. The number of fused-ring (bicyclic) bond motifs is 1. The minimum absolute atomic E-state index is 0.0879. The van der Waals surface area contributed by atoms with Crippen molar-refractivity contribution in [2.75, 3.05) is 0 Å². The minimum atomic E-state index is -0.768. The Bertz CT molecular complexity index is 780. The summed E-state index contributed by atoms with van der Waals surface area (Å²) in [5.41, 5.74) is 2.41. The van der Waals surface area contributed by atoms with Gasteiger partial charge < -0.3 is 15.3 Å². The number of aliphatic hydroxyl groups excluding tert-OH is 2. The maximum Gasteiger partial charge on any atom is 0.303 e. The van der Waals surface area contributed by atoms with Crippen molar-refractivity contribution in [3.05, 3.63) is 47.5 Å². The molecular weight excluding hydrogens is 364 g/mol. The lowest BCUT2D eigenvalue weighted by Gasteiger charge is -2.54. The number of hydrogen-bond donors (Lipinski definition) is 3. The molecule has 1 aromatic rings. The van der Waals surface area contributed by atoms with Gasteiger partial charge in [0, 0.05) is 12.3 Å². The van der Waals surface area contributed by atoms with E-state index in [9.17, 15) is 15.0 Å². The van der Waals surface area contributed by atoms with Gasteiger partial charge in [0.2, 0.25) is 0 Å².